The second-order valence-corrected chi connectivity index (χ2v) is 12.6. The summed E-state index contributed by atoms with van der Waals surface area (Å²) >= 11 is 0. The summed E-state index contributed by atoms with van der Waals surface area (Å²) in [5, 5.41) is 0. The van der Waals surface area contributed by atoms with Gasteiger partial charge in [0, 0.05) is 18.9 Å². The maximum absolute atomic E-state index is 14.0. The lowest BCUT2D eigenvalue weighted by Gasteiger charge is -2.38. The number of nitrogens with zero attached hydrogens (tertiary/aromatic N) is 1. The van der Waals surface area contributed by atoms with Gasteiger partial charge < -0.3 is 23.7 Å². The number of benzene rings is 3. The molecule has 1 aromatic heterocycles. The maximum Gasteiger partial charge on any atom is 0.339 e. The minimum Gasteiger partial charge on any atom is -0.445 e. The lowest BCUT2D eigenvalue weighted by Crippen LogP contribution is -2.56. The van der Waals surface area contributed by atoms with Gasteiger partial charge in [0.1, 0.15) is 12.2 Å². The number of rotatable bonds is 13. The van der Waals surface area contributed by atoms with Crippen molar-refractivity contribution in [3.8, 4) is 0 Å². The zero-order valence-electron chi connectivity index (χ0n) is 27.2. The molecule has 1 N–H and O–H groups in total. The number of nitrogens with one attached hydrogen (secondary N) is 1. The number of hydrogen-bond acceptors (Lipinski definition) is 8. The van der Waals surface area contributed by atoms with E-state index in [1.807, 2.05) is 79.7 Å². The molecule has 0 amide bonds. The Morgan fingerprint density at radius 3 is 2.11 bits per heavy atom. The fraction of sp³-hybridized carbons (Fsp3) is 0.378. The molecule has 1 saturated heterocycles. The Balaban J connectivity index is 1.56. The number of carbonyl (C=O) groups excluding carboxylic acids is 1. The Kier molecular flexibility index (Phi) is 10.9. The molecule has 4 aromatic rings. The average Bonchev–Trinajstić information content (AvgIpc) is 3.35. The van der Waals surface area contributed by atoms with Crippen LogP contribution in [0.1, 0.15) is 61.0 Å². The summed E-state index contributed by atoms with van der Waals surface area (Å²) in [6.07, 6.45) is -1.67. The Hall–Kier alpha value is -4.35. The molecule has 0 saturated carbocycles. The van der Waals surface area contributed by atoms with E-state index in [-0.39, 0.29) is 31.8 Å². The van der Waals surface area contributed by atoms with Gasteiger partial charge in [-0.15, -0.1) is 0 Å². The van der Waals surface area contributed by atoms with E-state index >= 15 is 0 Å². The van der Waals surface area contributed by atoms with Crippen LogP contribution in [0.25, 0.3) is 0 Å². The molecular weight excluding hydrogens is 600 g/mol. The first-order chi connectivity index (χ1) is 22.6. The molecule has 3 aromatic carbocycles. The number of aromatic amines is 1. The summed E-state index contributed by atoms with van der Waals surface area (Å²) in [5.74, 6) is -0.643. The van der Waals surface area contributed by atoms with Gasteiger partial charge in [0.05, 0.1) is 32.0 Å². The van der Waals surface area contributed by atoms with Crippen molar-refractivity contribution in [2.45, 2.75) is 70.4 Å². The van der Waals surface area contributed by atoms with Crippen LogP contribution in [0.5, 0.6) is 0 Å². The maximum atomic E-state index is 14.0. The van der Waals surface area contributed by atoms with Crippen LogP contribution in [0.4, 0.5) is 0 Å². The number of ether oxygens (including phenoxy) is 5. The lowest BCUT2D eigenvalue weighted by atomic mass is 9.86. The first-order valence-electron chi connectivity index (χ1n) is 15.8. The number of carbonyl (C=O) groups is 1. The SMILES string of the molecule is CCOC[C@@]1(OC(=O)c2ccc(C(C)(C)C)cc2)[C@H](OCc2ccccc2)[C@@H](COCc2ccccc2)O[C@H]1n1ccc(=O)[nH]c1=O. The van der Waals surface area contributed by atoms with E-state index in [1.54, 1.807) is 12.1 Å². The number of H-pyrrole nitrogens is 1. The molecule has 248 valence electrons. The van der Waals surface area contributed by atoms with Crippen molar-refractivity contribution in [1.82, 2.24) is 9.55 Å². The third-order valence-electron chi connectivity index (χ3n) is 8.11. The second-order valence-electron chi connectivity index (χ2n) is 12.6. The van der Waals surface area contributed by atoms with Crippen LogP contribution in [0.3, 0.4) is 0 Å². The van der Waals surface area contributed by atoms with Crippen molar-refractivity contribution in [2.75, 3.05) is 19.8 Å². The van der Waals surface area contributed by atoms with Crippen molar-refractivity contribution in [3.05, 3.63) is 140 Å². The largest absolute Gasteiger partial charge is 0.445 e. The van der Waals surface area contributed by atoms with Gasteiger partial charge in [-0.05, 0) is 41.2 Å². The summed E-state index contributed by atoms with van der Waals surface area (Å²) < 4.78 is 32.9. The Morgan fingerprint density at radius 1 is 0.872 bits per heavy atom. The summed E-state index contributed by atoms with van der Waals surface area (Å²) in [5.41, 5.74) is 0.121. The minimum absolute atomic E-state index is 0.0503. The van der Waals surface area contributed by atoms with Gasteiger partial charge in [0.15, 0.2) is 6.23 Å². The molecule has 0 unspecified atom stereocenters. The van der Waals surface area contributed by atoms with Crippen molar-refractivity contribution in [3.63, 3.8) is 0 Å². The number of hydrogen-bond donors (Lipinski definition) is 1. The zero-order valence-corrected chi connectivity index (χ0v) is 27.2. The highest BCUT2D eigenvalue weighted by molar-refractivity contribution is 5.89. The van der Waals surface area contributed by atoms with Crippen molar-refractivity contribution < 1.29 is 28.5 Å². The van der Waals surface area contributed by atoms with Crippen LogP contribution >= 0.6 is 0 Å². The van der Waals surface area contributed by atoms with Crippen molar-refractivity contribution in [1.29, 1.82) is 0 Å². The van der Waals surface area contributed by atoms with Crippen LogP contribution in [0.15, 0.2) is 107 Å². The quantitative estimate of drug-likeness (QED) is 0.199. The van der Waals surface area contributed by atoms with Gasteiger partial charge in [-0.1, -0.05) is 93.6 Å². The molecule has 4 atom stereocenters. The third kappa shape index (κ3) is 8.15. The van der Waals surface area contributed by atoms with Gasteiger partial charge in [0.25, 0.3) is 5.56 Å². The Labute approximate surface area is 274 Å². The summed E-state index contributed by atoms with van der Waals surface area (Å²) in [4.78, 5) is 41.6. The molecule has 10 heteroatoms. The molecule has 5 rings (SSSR count). The Morgan fingerprint density at radius 2 is 1.51 bits per heavy atom. The molecule has 0 radical (unpaired) electrons. The fourth-order valence-electron chi connectivity index (χ4n) is 5.61. The summed E-state index contributed by atoms with van der Waals surface area (Å²) in [7, 11) is 0. The predicted octanol–water partition coefficient (Wildman–Crippen LogP) is 5.17. The Bertz CT molecular complexity index is 1710. The molecule has 47 heavy (non-hydrogen) atoms. The highest BCUT2D eigenvalue weighted by atomic mass is 16.7. The normalized spacial score (nSPS) is 21.1. The fourth-order valence-corrected chi connectivity index (χ4v) is 5.61. The summed E-state index contributed by atoms with van der Waals surface area (Å²) in [6, 6.07) is 27.7. The van der Waals surface area contributed by atoms with E-state index in [0.29, 0.717) is 12.2 Å². The number of aromatic nitrogens is 2. The van der Waals surface area contributed by atoms with E-state index < -0.39 is 41.3 Å². The first kappa shape index (κ1) is 34.0. The van der Waals surface area contributed by atoms with Crippen LogP contribution in [-0.4, -0.2) is 53.2 Å². The summed E-state index contributed by atoms with van der Waals surface area (Å²) in [6.45, 7) is 8.72. The van der Waals surface area contributed by atoms with Crippen LogP contribution in [0.2, 0.25) is 0 Å². The molecule has 10 nitrogen and oxygen atoms in total. The van der Waals surface area contributed by atoms with Gasteiger partial charge in [-0.3, -0.25) is 14.3 Å². The molecule has 0 aliphatic carbocycles. The van der Waals surface area contributed by atoms with Crippen molar-refractivity contribution >= 4 is 5.97 Å². The third-order valence-corrected chi connectivity index (χ3v) is 8.11. The average molecular weight is 643 g/mol. The second kappa shape index (κ2) is 15.0. The monoisotopic (exact) mass is 642 g/mol. The predicted molar refractivity (Wildman–Crippen MR) is 176 cm³/mol. The lowest BCUT2D eigenvalue weighted by molar-refractivity contribution is -0.164. The number of esters is 1. The highest BCUT2D eigenvalue weighted by Gasteiger charge is 2.62. The molecule has 0 bridgehead atoms. The van der Waals surface area contributed by atoms with Crippen LogP contribution < -0.4 is 11.2 Å². The topological polar surface area (TPSA) is 118 Å². The van der Waals surface area contributed by atoms with Crippen LogP contribution in [0, 0.1) is 0 Å². The minimum atomic E-state index is -1.67. The van der Waals surface area contributed by atoms with Gasteiger partial charge in [-0.25, -0.2) is 9.59 Å². The van der Waals surface area contributed by atoms with E-state index in [1.165, 1.54) is 16.8 Å². The van der Waals surface area contributed by atoms with E-state index in [4.69, 9.17) is 23.7 Å². The molecule has 1 fully saturated rings. The molecule has 1 aliphatic rings. The first-order valence-corrected chi connectivity index (χ1v) is 15.8. The van der Waals surface area contributed by atoms with Crippen LogP contribution in [-0.2, 0) is 42.3 Å². The van der Waals surface area contributed by atoms with Gasteiger partial charge in [0.2, 0.25) is 5.60 Å². The molecule has 0 spiro atoms. The van der Waals surface area contributed by atoms with E-state index in [0.717, 1.165) is 16.7 Å². The van der Waals surface area contributed by atoms with Gasteiger partial charge >= 0.3 is 11.7 Å². The van der Waals surface area contributed by atoms with Gasteiger partial charge in [-0.2, -0.15) is 0 Å². The molecule has 1 aliphatic heterocycles. The molecule has 2 heterocycles. The van der Waals surface area contributed by atoms with E-state index in [9.17, 15) is 14.4 Å². The molecular formula is C37H42N2O8. The smallest absolute Gasteiger partial charge is 0.339 e. The highest BCUT2D eigenvalue weighted by Crippen LogP contribution is 2.44. The van der Waals surface area contributed by atoms with Crippen molar-refractivity contribution in [2.24, 2.45) is 0 Å². The zero-order chi connectivity index (χ0) is 33.4. The standard InChI is InChI=1S/C37H42N2O8/c1-5-43-25-37(47-33(41)28-16-18-29(19-17-28)36(2,3)4)32(45-23-27-14-10-7-11-15-27)30(24-44-22-26-12-8-6-9-13-26)46-34(37)39-21-20-31(40)38-35(39)42/h6-21,30,32,34H,5,22-25H2,1-4H3,(H,38,40,42)/t30-,32-,34-,37-/m1/s1. The van der Waals surface area contributed by atoms with E-state index in [2.05, 4.69) is 25.8 Å².